The number of allylic oxidation sites excluding steroid dienone is 1. The van der Waals surface area contributed by atoms with Gasteiger partial charge in [0.25, 0.3) is 0 Å². The van der Waals surface area contributed by atoms with Gasteiger partial charge in [0.15, 0.2) is 5.78 Å². The van der Waals surface area contributed by atoms with Gasteiger partial charge in [0.2, 0.25) is 5.82 Å². The molecule has 3 aromatic rings. The molecule has 3 rings (SSSR count). The number of aromatic carboxylic acids is 1. The summed E-state index contributed by atoms with van der Waals surface area (Å²) in [6, 6.07) is 9.08. The number of hydrogen-bond acceptors (Lipinski definition) is 7. The van der Waals surface area contributed by atoms with E-state index in [0.717, 1.165) is 0 Å². The zero-order valence-corrected chi connectivity index (χ0v) is 15.0. The molecule has 0 unspecified atom stereocenters. The van der Waals surface area contributed by atoms with Gasteiger partial charge in [0.05, 0.1) is 25.3 Å². The maximum absolute atomic E-state index is 12.4. The lowest BCUT2D eigenvalue weighted by atomic mass is 10.0. The zero-order valence-electron chi connectivity index (χ0n) is 15.0. The number of H-pyrrole nitrogens is 1. The van der Waals surface area contributed by atoms with E-state index >= 15 is 0 Å². The Hall–Kier alpha value is -4.01. The lowest BCUT2D eigenvalue weighted by molar-refractivity contribution is 0.0696. The monoisotopic (exact) mass is 380 g/mol. The second-order valence-electron chi connectivity index (χ2n) is 5.61. The first-order valence-corrected chi connectivity index (χ1v) is 8.09. The number of nitrogens with one attached hydrogen (secondary N) is 1. The Kier molecular flexibility index (Phi) is 5.45. The van der Waals surface area contributed by atoms with Gasteiger partial charge in [-0.2, -0.15) is 5.21 Å². The Bertz CT molecular complexity index is 1030. The van der Waals surface area contributed by atoms with E-state index in [1.54, 1.807) is 18.2 Å². The molecule has 0 radical (unpaired) electrons. The minimum atomic E-state index is -1.05. The van der Waals surface area contributed by atoms with Crippen molar-refractivity contribution in [3.8, 4) is 22.9 Å². The first kappa shape index (κ1) is 18.8. The minimum absolute atomic E-state index is 0.113. The number of nitrogens with zero attached hydrogens (tertiary/aromatic N) is 3. The van der Waals surface area contributed by atoms with E-state index in [1.807, 2.05) is 0 Å². The van der Waals surface area contributed by atoms with E-state index in [9.17, 15) is 9.59 Å². The predicted octanol–water partition coefficient (Wildman–Crippen LogP) is 2.48. The van der Waals surface area contributed by atoms with Crippen molar-refractivity contribution < 1.29 is 24.2 Å². The number of tetrazole rings is 1. The maximum atomic E-state index is 12.4. The van der Waals surface area contributed by atoms with Crippen LogP contribution in [-0.4, -0.2) is 51.7 Å². The molecule has 9 nitrogen and oxygen atoms in total. The number of hydrogen-bond donors (Lipinski definition) is 2. The number of ketones is 1. The Morgan fingerprint density at radius 3 is 2.29 bits per heavy atom. The Balaban J connectivity index is 1.93. The zero-order chi connectivity index (χ0) is 20.1. The topological polar surface area (TPSA) is 127 Å². The first-order valence-electron chi connectivity index (χ1n) is 8.09. The molecule has 1 heterocycles. The maximum Gasteiger partial charge on any atom is 0.335 e. The number of aromatic nitrogens is 4. The van der Waals surface area contributed by atoms with Gasteiger partial charge in [-0.25, -0.2) is 4.79 Å². The second kappa shape index (κ2) is 8.12. The fourth-order valence-electron chi connectivity index (χ4n) is 2.54. The number of methoxy groups -OCH3 is 2. The van der Waals surface area contributed by atoms with Crippen molar-refractivity contribution in [3.63, 3.8) is 0 Å². The fraction of sp³-hybridized carbons (Fsp3) is 0.105. The molecule has 2 aromatic carbocycles. The quantitative estimate of drug-likeness (QED) is 0.473. The normalized spacial score (nSPS) is 10.8. The number of carbonyl (C=O) groups is 2. The molecule has 2 N–H and O–H groups in total. The Labute approximate surface area is 159 Å². The summed E-state index contributed by atoms with van der Waals surface area (Å²) >= 11 is 0. The van der Waals surface area contributed by atoms with E-state index in [-0.39, 0.29) is 11.3 Å². The molecule has 0 aliphatic carbocycles. The van der Waals surface area contributed by atoms with E-state index in [4.69, 9.17) is 14.6 Å². The molecule has 0 spiro atoms. The highest BCUT2D eigenvalue weighted by Gasteiger charge is 2.15. The molecule has 0 saturated carbocycles. The second-order valence-corrected chi connectivity index (χ2v) is 5.61. The number of ether oxygens (including phenoxy) is 2. The Morgan fingerprint density at radius 2 is 1.71 bits per heavy atom. The number of carboxylic acids is 1. The third kappa shape index (κ3) is 3.88. The number of rotatable bonds is 7. The molecular weight excluding hydrogens is 364 g/mol. The van der Waals surface area contributed by atoms with Crippen LogP contribution in [0.5, 0.6) is 11.5 Å². The summed E-state index contributed by atoms with van der Waals surface area (Å²) in [4.78, 5) is 23.3. The fourth-order valence-corrected chi connectivity index (χ4v) is 2.54. The van der Waals surface area contributed by atoms with Crippen molar-refractivity contribution in [2.24, 2.45) is 0 Å². The number of carboxylic acid groups (broad SMARTS) is 1. The van der Waals surface area contributed by atoms with Crippen molar-refractivity contribution >= 4 is 17.8 Å². The van der Waals surface area contributed by atoms with Gasteiger partial charge in [0, 0.05) is 17.2 Å². The molecule has 1 aromatic heterocycles. The van der Waals surface area contributed by atoms with E-state index in [1.165, 1.54) is 44.6 Å². The average molecular weight is 380 g/mol. The van der Waals surface area contributed by atoms with Crippen molar-refractivity contribution in [2.75, 3.05) is 14.2 Å². The lowest BCUT2D eigenvalue weighted by Gasteiger charge is -2.11. The van der Waals surface area contributed by atoms with Crippen LogP contribution in [0.4, 0.5) is 0 Å². The highest BCUT2D eigenvalue weighted by molar-refractivity contribution is 6.07. The molecule has 142 valence electrons. The van der Waals surface area contributed by atoms with Crippen LogP contribution in [0.1, 0.15) is 26.3 Å². The van der Waals surface area contributed by atoms with Crippen LogP contribution in [0.25, 0.3) is 17.5 Å². The molecule has 28 heavy (non-hydrogen) atoms. The van der Waals surface area contributed by atoms with Crippen molar-refractivity contribution in [1.29, 1.82) is 0 Å². The molecule has 0 aliphatic rings. The molecule has 0 bridgehead atoms. The summed E-state index contributed by atoms with van der Waals surface area (Å²) < 4.78 is 10.7. The SMILES string of the molecule is COc1cc(OC)c(-c2nn[nH]n2)cc1C=CC(=O)c1ccc(C(=O)O)cc1. The van der Waals surface area contributed by atoms with Crippen molar-refractivity contribution in [2.45, 2.75) is 0 Å². The van der Waals surface area contributed by atoms with E-state index in [2.05, 4.69) is 20.6 Å². The third-order valence-corrected chi connectivity index (χ3v) is 3.97. The number of benzene rings is 2. The van der Waals surface area contributed by atoms with Gasteiger partial charge in [0.1, 0.15) is 11.5 Å². The minimum Gasteiger partial charge on any atom is -0.496 e. The van der Waals surface area contributed by atoms with Gasteiger partial charge in [-0.15, -0.1) is 10.2 Å². The number of aromatic amines is 1. The van der Waals surface area contributed by atoms with Crippen molar-refractivity contribution in [3.05, 3.63) is 59.2 Å². The third-order valence-electron chi connectivity index (χ3n) is 3.97. The van der Waals surface area contributed by atoms with Crippen LogP contribution in [0.2, 0.25) is 0 Å². The predicted molar refractivity (Wildman–Crippen MR) is 99.5 cm³/mol. The Morgan fingerprint density at radius 1 is 1.04 bits per heavy atom. The highest BCUT2D eigenvalue weighted by atomic mass is 16.5. The number of carbonyl (C=O) groups excluding carboxylic acids is 1. The largest absolute Gasteiger partial charge is 0.496 e. The van der Waals surface area contributed by atoms with E-state index in [0.29, 0.717) is 34.0 Å². The van der Waals surface area contributed by atoms with Crippen LogP contribution >= 0.6 is 0 Å². The van der Waals surface area contributed by atoms with Gasteiger partial charge in [-0.1, -0.05) is 12.1 Å². The summed E-state index contributed by atoms with van der Waals surface area (Å²) in [7, 11) is 3.02. The van der Waals surface area contributed by atoms with Gasteiger partial charge < -0.3 is 14.6 Å². The van der Waals surface area contributed by atoms with Crippen LogP contribution in [0, 0.1) is 0 Å². The van der Waals surface area contributed by atoms with Gasteiger partial charge >= 0.3 is 5.97 Å². The van der Waals surface area contributed by atoms with Crippen LogP contribution in [0.3, 0.4) is 0 Å². The molecule has 0 saturated heterocycles. The lowest BCUT2D eigenvalue weighted by Crippen LogP contribution is -1.99. The molecule has 0 amide bonds. The summed E-state index contributed by atoms with van der Waals surface area (Å²) in [5, 5.41) is 22.8. The van der Waals surface area contributed by atoms with Gasteiger partial charge in [-0.05, 0) is 35.6 Å². The van der Waals surface area contributed by atoms with Gasteiger partial charge in [-0.3, -0.25) is 4.79 Å². The van der Waals surface area contributed by atoms with Crippen LogP contribution in [-0.2, 0) is 0 Å². The molecule has 0 atom stereocenters. The summed E-state index contributed by atoms with van der Waals surface area (Å²) in [6.07, 6.45) is 2.97. The standard InChI is InChI=1S/C19H16N4O5/c1-27-16-10-17(28-2)14(18-20-22-23-21-18)9-13(16)7-8-15(24)11-3-5-12(6-4-11)19(25)26/h3-10H,1-2H3,(H,25,26)(H,20,21,22,23). The van der Waals surface area contributed by atoms with Crippen molar-refractivity contribution in [1.82, 2.24) is 20.6 Å². The van der Waals surface area contributed by atoms with Crippen LogP contribution in [0.15, 0.2) is 42.5 Å². The first-order chi connectivity index (χ1) is 13.5. The molecule has 0 fully saturated rings. The smallest absolute Gasteiger partial charge is 0.335 e. The summed E-state index contributed by atoms with van der Waals surface area (Å²) in [5.74, 6) is -0.00692. The van der Waals surface area contributed by atoms with Crippen LogP contribution < -0.4 is 9.47 Å². The summed E-state index contributed by atoms with van der Waals surface area (Å²) in [6.45, 7) is 0. The van der Waals surface area contributed by atoms with E-state index < -0.39 is 5.97 Å². The average Bonchev–Trinajstić information content (AvgIpc) is 3.26. The highest BCUT2D eigenvalue weighted by Crippen LogP contribution is 2.35. The molecular formula is C19H16N4O5. The molecule has 9 heteroatoms. The summed E-state index contributed by atoms with van der Waals surface area (Å²) in [5.41, 5.74) is 1.67. The molecule has 0 aliphatic heterocycles.